The third kappa shape index (κ3) is 5.56. The molecule has 0 radical (unpaired) electrons. The summed E-state index contributed by atoms with van der Waals surface area (Å²) in [5.74, 6) is 3.85. The van der Waals surface area contributed by atoms with E-state index in [4.69, 9.17) is 14.2 Å². The fourth-order valence-corrected chi connectivity index (χ4v) is 6.58. The van der Waals surface area contributed by atoms with Crippen LogP contribution in [0, 0.1) is 0 Å². The molecule has 2 aromatic rings. The molecule has 0 spiro atoms. The van der Waals surface area contributed by atoms with Crippen molar-refractivity contribution in [2.75, 3.05) is 62.7 Å². The Hall–Kier alpha value is -3.11. The molecule has 1 saturated carbocycles. The second kappa shape index (κ2) is 10.6. The van der Waals surface area contributed by atoms with Crippen LogP contribution in [-0.4, -0.2) is 90.0 Å². The van der Waals surface area contributed by atoms with Crippen molar-refractivity contribution < 1.29 is 19.0 Å². The van der Waals surface area contributed by atoms with Gasteiger partial charge in [0.05, 0.1) is 24.5 Å². The Kier molecular flexibility index (Phi) is 6.93. The van der Waals surface area contributed by atoms with Crippen molar-refractivity contribution in [3.63, 3.8) is 0 Å². The predicted molar refractivity (Wildman–Crippen MR) is 156 cm³/mol. The van der Waals surface area contributed by atoms with Crippen LogP contribution in [0.25, 0.3) is 0 Å². The number of nitrogens with one attached hydrogen (secondary N) is 1. The van der Waals surface area contributed by atoms with E-state index >= 15 is 0 Å². The van der Waals surface area contributed by atoms with Gasteiger partial charge >= 0.3 is 6.09 Å². The van der Waals surface area contributed by atoms with Gasteiger partial charge in [0, 0.05) is 32.2 Å². The van der Waals surface area contributed by atoms with E-state index in [0.717, 1.165) is 80.7 Å². The van der Waals surface area contributed by atoms with Crippen LogP contribution >= 0.6 is 0 Å². The lowest BCUT2D eigenvalue weighted by atomic mass is 9.86. The molecule has 41 heavy (non-hydrogen) atoms. The van der Waals surface area contributed by atoms with Crippen molar-refractivity contribution in [2.24, 2.45) is 0 Å². The molecular formula is C31H42N6O4. The lowest BCUT2D eigenvalue weighted by molar-refractivity contribution is -0.0196. The molecule has 0 unspecified atom stereocenters. The molecule has 10 heteroatoms. The second-order valence-corrected chi connectivity index (χ2v) is 13.1. The summed E-state index contributed by atoms with van der Waals surface area (Å²) in [6, 6.07) is 5.17. The molecule has 0 bridgehead atoms. The molecule has 1 amide bonds. The normalized spacial score (nSPS) is 22.1. The van der Waals surface area contributed by atoms with Crippen molar-refractivity contribution in [1.29, 1.82) is 0 Å². The minimum absolute atomic E-state index is 0.195. The highest BCUT2D eigenvalue weighted by Crippen LogP contribution is 2.50. The van der Waals surface area contributed by atoms with Gasteiger partial charge < -0.3 is 29.3 Å². The fourth-order valence-electron chi connectivity index (χ4n) is 6.58. The zero-order valence-corrected chi connectivity index (χ0v) is 24.5. The predicted octanol–water partition coefficient (Wildman–Crippen LogP) is 4.63. The van der Waals surface area contributed by atoms with Gasteiger partial charge in [0.15, 0.2) is 0 Å². The van der Waals surface area contributed by atoms with E-state index in [1.54, 1.807) is 6.33 Å². The van der Waals surface area contributed by atoms with Crippen LogP contribution in [0.4, 0.5) is 22.1 Å². The Balaban J connectivity index is 1.05. The number of likely N-dealkylation sites (tertiary alicyclic amines) is 2. The summed E-state index contributed by atoms with van der Waals surface area (Å²) in [7, 11) is 0. The zero-order chi connectivity index (χ0) is 28.1. The standard InChI is InChI=1S/C31H42N6O4/c1-31(2,3)41-30(38)37-16-23(17-37)35-8-6-20(7-9-35)22-14-24(21-4-5-21)27-26(15-22)34-28-25(18-40-27)29(33-19-32-28)36-10-12-39-13-11-36/h14-15,19-21,23H,4-13,16-18H2,1-3H3,(H,32,33,34). The first-order chi connectivity index (χ1) is 19.8. The van der Waals surface area contributed by atoms with E-state index in [1.807, 2.05) is 25.7 Å². The van der Waals surface area contributed by atoms with Gasteiger partial charge in [0.25, 0.3) is 0 Å². The maximum Gasteiger partial charge on any atom is 0.410 e. The van der Waals surface area contributed by atoms with Crippen LogP contribution in [0.2, 0.25) is 0 Å². The molecule has 1 N–H and O–H groups in total. The topological polar surface area (TPSA) is 92.3 Å². The highest BCUT2D eigenvalue weighted by Gasteiger charge is 2.39. The van der Waals surface area contributed by atoms with Crippen LogP contribution in [0.1, 0.15) is 75.0 Å². The van der Waals surface area contributed by atoms with Crippen molar-refractivity contribution in [3.05, 3.63) is 35.2 Å². The molecular weight excluding hydrogens is 520 g/mol. The van der Waals surface area contributed by atoms with Gasteiger partial charge in [0.1, 0.15) is 35.9 Å². The van der Waals surface area contributed by atoms with Gasteiger partial charge in [-0.15, -0.1) is 0 Å². The van der Waals surface area contributed by atoms with Crippen LogP contribution in [-0.2, 0) is 16.1 Å². The first kappa shape index (κ1) is 26.8. The molecule has 10 nitrogen and oxygen atoms in total. The summed E-state index contributed by atoms with van der Waals surface area (Å²) < 4.78 is 17.7. The maximum absolute atomic E-state index is 12.4. The Bertz CT molecular complexity index is 1290. The van der Waals surface area contributed by atoms with E-state index in [9.17, 15) is 4.79 Å². The number of carbonyl (C=O) groups excluding carboxylic acids is 1. The number of hydrogen-bond donors (Lipinski definition) is 1. The quantitative estimate of drug-likeness (QED) is 0.573. The molecule has 4 aliphatic heterocycles. The smallest absolute Gasteiger partial charge is 0.410 e. The molecule has 4 fully saturated rings. The van der Waals surface area contributed by atoms with Crippen LogP contribution < -0.4 is 15.0 Å². The number of benzene rings is 1. The number of piperidine rings is 1. The maximum atomic E-state index is 12.4. The van der Waals surface area contributed by atoms with E-state index in [0.29, 0.717) is 37.7 Å². The first-order valence-electron chi connectivity index (χ1n) is 15.3. The number of hydrogen-bond acceptors (Lipinski definition) is 9. The van der Waals surface area contributed by atoms with Crippen LogP contribution in [0.5, 0.6) is 5.75 Å². The summed E-state index contributed by atoms with van der Waals surface area (Å²) in [6.07, 6.45) is 6.14. The van der Waals surface area contributed by atoms with Gasteiger partial charge in [-0.2, -0.15) is 0 Å². The minimum Gasteiger partial charge on any atom is -0.486 e. The minimum atomic E-state index is -0.451. The molecule has 1 aromatic carbocycles. The summed E-state index contributed by atoms with van der Waals surface area (Å²) in [4.78, 5) is 28.3. The van der Waals surface area contributed by atoms with Gasteiger partial charge in [-0.1, -0.05) is 6.07 Å². The van der Waals surface area contributed by atoms with Gasteiger partial charge in [0.2, 0.25) is 0 Å². The Morgan fingerprint density at radius 2 is 1.76 bits per heavy atom. The number of morpholine rings is 1. The van der Waals surface area contributed by atoms with Crippen molar-refractivity contribution in [2.45, 2.75) is 76.5 Å². The van der Waals surface area contributed by atoms with E-state index in [-0.39, 0.29) is 6.09 Å². The third-order valence-corrected chi connectivity index (χ3v) is 9.04. The largest absolute Gasteiger partial charge is 0.486 e. The van der Waals surface area contributed by atoms with Crippen molar-refractivity contribution >= 4 is 23.4 Å². The number of ether oxygens (including phenoxy) is 3. The molecule has 7 rings (SSSR count). The number of carbonyl (C=O) groups is 1. The average Bonchev–Trinajstić information content (AvgIpc) is 3.78. The van der Waals surface area contributed by atoms with Gasteiger partial charge in [-0.05, 0) is 88.6 Å². The summed E-state index contributed by atoms with van der Waals surface area (Å²) >= 11 is 0. The zero-order valence-electron chi connectivity index (χ0n) is 24.5. The van der Waals surface area contributed by atoms with E-state index < -0.39 is 5.60 Å². The highest BCUT2D eigenvalue weighted by atomic mass is 16.6. The molecule has 5 aliphatic rings. The lowest BCUT2D eigenvalue weighted by Gasteiger charge is -2.47. The number of nitrogens with zero attached hydrogens (tertiary/aromatic N) is 5. The Morgan fingerprint density at radius 3 is 2.46 bits per heavy atom. The summed E-state index contributed by atoms with van der Waals surface area (Å²) in [5, 5.41) is 3.67. The van der Waals surface area contributed by atoms with E-state index in [2.05, 4.69) is 37.2 Å². The average molecular weight is 563 g/mol. The fraction of sp³-hybridized carbons (Fsp3) is 0.645. The Labute approximate surface area is 242 Å². The SMILES string of the molecule is CC(C)(C)OC(=O)N1CC(N2CCC(c3cc4c(c(C5CC5)c3)OCc3c(ncnc3N3CCOCC3)N4)CC2)C1. The third-order valence-electron chi connectivity index (χ3n) is 9.04. The van der Waals surface area contributed by atoms with Crippen molar-refractivity contribution in [1.82, 2.24) is 19.8 Å². The number of aromatic nitrogens is 2. The second-order valence-electron chi connectivity index (χ2n) is 13.1. The highest BCUT2D eigenvalue weighted by molar-refractivity contribution is 5.74. The van der Waals surface area contributed by atoms with Crippen LogP contribution in [0.3, 0.4) is 0 Å². The van der Waals surface area contributed by atoms with Crippen molar-refractivity contribution in [3.8, 4) is 5.75 Å². The van der Waals surface area contributed by atoms with Crippen LogP contribution in [0.15, 0.2) is 18.5 Å². The molecule has 220 valence electrons. The number of rotatable bonds is 4. The lowest BCUT2D eigenvalue weighted by Crippen LogP contribution is -2.62. The molecule has 0 atom stereocenters. The molecule has 1 aliphatic carbocycles. The van der Waals surface area contributed by atoms with Gasteiger partial charge in [-0.25, -0.2) is 14.8 Å². The summed E-state index contributed by atoms with van der Waals surface area (Å²) in [5.41, 5.74) is 4.34. The monoisotopic (exact) mass is 562 g/mol. The van der Waals surface area contributed by atoms with Gasteiger partial charge in [-0.3, -0.25) is 4.90 Å². The summed E-state index contributed by atoms with van der Waals surface area (Å²) in [6.45, 7) is 12.9. The number of amides is 1. The Morgan fingerprint density at radius 1 is 1.00 bits per heavy atom. The first-order valence-corrected chi connectivity index (χ1v) is 15.3. The molecule has 3 saturated heterocycles. The molecule has 1 aromatic heterocycles. The van der Waals surface area contributed by atoms with E-state index in [1.165, 1.54) is 24.0 Å². The number of fused-ring (bicyclic) bond motifs is 2. The number of anilines is 3. The molecule has 5 heterocycles.